The molecular formula is C29H29ClN4O3. The normalized spacial score (nSPS) is 11.0. The van der Waals surface area contributed by atoms with Crippen LogP contribution in [0.15, 0.2) is 83.8 Å². The zero-order valence-electron chi connectivity index (χ0n) is 21.2. The lowest BCUT2D eigenvalue weighted by atomic mass is 10.0. The molecule has 4 rings (SSSR count). The van der Waals surface area contributed by atoms with E-state index in [9.17, 15) is 9.59 Å². The number of halogens is 1. The first-order chi connectivity index (χ1) is 17.7. The van der Waals surface area contributed by atoms with E-state index < -0.39 is 5.56 Å². The highest BCUT2D eigenvalue weighted by molar-refractivity contribution is 6.30. The van der Waals surface area contributed by atoms with Gasteiger partial charge in [-0.1, -0.05) is 49.7 Å². The molecule has 4 aromatic rings. The topological polar surface area (TPSA) is 85.2 Å². The Hall–Kier alpha value is -4.10. The number of ether oxygens (including phenoxy) is 1. The van der Waals surface area contributed by atoms with Gasteiger partial charge in [0.05, 0.1) is 11.9 Å². The molecule has 8 heteroatoms. The number of hydrogen-bond acceptors (Lipinski definition) is 5. The number of rotatable bonds is 8. The molecule has 0 bridgehead atoms. The number of carbonyl (C=O) groups is 1. The van der Waals surface area contributed by atoms with Gasteiger partial charge < -0.3 is 15.4 Å². The molecule has 0 saturated heterocycles. The molecule has 7 nitrogen and oxygen atoms in total. The largest absolute Gasteiger partial charge is 0.453 e. The van der Waals surface area contributed by atoms with E-state index in [0.717, 1.165) is 0 Å². The number of anilines is 2. The summed E-state index contributed by atoms with van der Waals surface area (Å²) in [6.07, 6.45) is 1.48. The Morgan fingerprint density at radius 2 is 1.70 bits per heavy atom. The first kappa shape index (κ1) is 26.0. The van der Waals surface area contributed by atoms with E-state index >= 15 is 0 Å². The minimum atomic E-state index is -0.435. The van der Waals surface area contributed by atoms with E-state index in [4.69, 9.17) is 16.3 Å². The van der Waals surface area contributed by atoms with Gasteiger partial charge in [0.15, 0.2) is 11.4 Å². The average molecular weight is 517 g/mol. The van der Waals surface area contributed by atoms with Gasteiger partial charge in [0.25, 0.3) is 11.5 Å². The highest BCUT2D eigenvalue weighted by atomic mass is 35.5. The van der Waals surface area contributed by atoms with Crippen molar-refractivity contribution in [2.24, 2.45) is 0 Å². The second kappa shape index (κ2) is 11.3. The van der Waals surface area contributed by atoms with Gasteiger partial charge in [-0.25, -0.2) is 0 Å². The van der Waals surface area contributed by atoms with Gasteiger partial charge in [0.2, 0.25) is 0 Å². The van der Waals surface area contributed by atoms with Crippen LogP contribution in [0.5, 0.6) is 11.5 Å². The molecule has 190 valence electrons. The Balaban J connectivity index is 1.75. The molecule has 0 spiro atoms. The average Bonchev–Trinajstić information content (AvgIpc) is 2.86. The Morgan fingerprint density at radius 3 is 2.38 bits per heavy atom. The summed E-state index contributed by atoms with van der Waals surface area (Å²) in [5.41, 5.74) is 2.45. The maximum atomic E-state index is 13.6. The van der Waals surface area contributed by atoms with Crippen molar-refractivity contribution in [2.75, 3.05) is 5.32 Å². The van der Waals surface area contributed by atoms with E-state index in [1.165, 1.54) is 16.4 Å². The minimum Gasteiger partial charge on any atom is -0.453 e. The number of amides is 1. The van der Waals surface area contributed by atoms with E-state index in [0.29, 0.717) is 33.6 Å². The molecule has 0 atom stereocenters. The number of benzene rings is 3. The molecular weight excluding hydrogens is 488 g/mol. The molecule has 0 saturated carbocycles. The second-order valence-corrected chi connectivity index (χ2v) is 9.68. The fourth-order valence-electron chi connectivity index (χ4n) is 3.70. The van der Waals surface area contributed by atoms with Crippen LogP contribution in [0.1, 0.15) is 49.5 Å². The molecule has 1 heterocycles. The fourth-order valence-corrected chi connectivity index (χ4v) is 3.88. The third kappa shape index (κ3) is 6.37. The van der Waals surface area contributed by atoms with Crippen LogP contribution in [0.3, 0.4) is 0 Å². The first-order valence-electron chi connectivity index (χ1n) is 12.1. The van der Waals surface area contributed by atoms with Crippen LogP contribution in [0, 0.1) is 0 Å². The van der Waals surface area contributed by atoms with Gasteiger partial charge in [-0.2, -0.15) is 9.78 Å². The molecule has 2 N–H and O–H groups in total. The summed E-state index contributed by atoms with van der Waals surface area (Å²) in [4.78, 5) is 26.2. The summed E-state index contributed by atoms with van der Waals surface area (Å²) < 4.78 is 7.35. The predicted octanol–water partition coefficient (Wildman–Crippen LogP) is 6.68. The lowest BCUT2D eigenvalue weighted by molar-refractivity contribution is 0.0943. The van der Waals surface area contributed by atoms with Crippen molar-refractivity contribution >= 4 is 28.9 Å². The van der Waals surface area contributed by atoms with Gasteiger partial charge in [0.1, 0.15) is 5.75 Å². The lowest BCUT2D eigenvalue weighted by Crippen LogP contribution is -2.30. The second-order valence-electron chi connectivity index (χ2n) is 9.24. The van der Waals surface area contributed by atoms with Crippen molar-refractivity contribution in [1.82, 2.24) is 15.1 Å². The summed E-state index contributed by atoms with van der Waals surface area (Å²) in [6.45, 7) is 8.03. The number of nitrogens with zero attached hydrogens (tertiary/aromatic N) is 2. The van der Waals surface area contributed by atoms with E-state index in [1.807, 2.05) is 38.1 Å². The quantitative estimate of drug-likeness (QED) is 0.273. The number of nitrogens with one attached hydrogen (secondary N) is 2. The summed E-state index contributed by atoms with van der Waals surface area (Å²) in [5.74, 6) is 0.998. The van der Waals surface area contributed by atoms with E-state index in [2.05, 4.69) is 29.6 Å². The Morgan fingerprint density at radius 1 is 0.973 bits per heavy atom. The number of hydrogen-bond donors (Lipinski definition) is 2. The van der Waals surface area contributed by atoms with Crippen molar-refractivity contribution in [3.63, 3.8) is 0 Å². The third-order valence-corrected chi connectivity index (χ3v) is 5.82. The molecule has 0 radical (unpaired) electrons. The fraction of sp³-hybridized carbons (Fsp3) is 0.207. The zero-order chi connectivity index (χ0) is 26.5. The van der Waals surface area contributed by atoms with Crippen molar-refractivity contribution in [1.29, 1.82) is 0 Å². The lowest BCUT2D eigenvalue weighted by Gasteiger charge is -2.16. The van der Waals surface area contributed by atoms with Gasteiger partial charge in [0, 0.05) is 22.3 Å². The van der Waals surface area contributed by atoms with Gasteiger partial charge in [-0.3, -0.25) is 9.59 Å². The molecule has 1 amide bonds. The number of aromatic nitrogens is 2. The maximum Gasteiger partial charge on any atom is 0.299 e. The van der Waals surface area contributed by atoms with Crippen LogP contribution in [-0.2, 0) is 0 Å². The molecule has 0 aliphatic heterocycles. The van der Waals surface area contributed by atoms with Gasteiger partial charge in [-0.15, -0.1) is 0 Å². The highest BCUT2D eigenvalue weighted by Gasteiger charge is 2.17. The van der Waals surface area contributed by atoms with Crippen molar-refractivity contribution in [3.05, 3.63) is 105 Å². The van der Waals surface area contributed by atoms with Crippen molar-refractivity contribution < 1.29 is 9.53 Å². The highest BCUT2D eigenvalue weighted by Crippen LogP contribution is 2.30. The van der Waals surface area contributed by atoms with Crippen LogP contribution >= 0.6 is 11.6 Å². The van der Waals surface area contributed by atoms with Crippen LogP contribution < -0.4 is 20.9 Å². The first-order valence-corrected chi connectivity index (χ1v) is 12.4. The molecule has 1 aromatic heterocycles. The Bertz CT molecular complexity index is 1460. The molecule has 0 fully saturated rings. The molecule has 3 aromatic carbocycles. The summed E-state index contributed by atoms with van der Waals surface area (Å²) >= 11 is 6.15. The van der Waals surface area contributed by atoms with Gasteiger partial charge in [-0.05, 0) is 73.9 Å². The standard InChI is InChI=1S/C29H29ClN4O3/c1-18(2)20-11-13-25(14-12-20)37-26-17-31-34(24-10-6-8-22(30)16-24)29(36)27(26)33-23-9-5-7-21(15-23)28(35)32-19(3)4/h5-19,33H,1-4H3,(H,32,35). The van der Waals surface area contributed by atoms with Gasteiger partial charge >= 0.3 is 0 Å². The van der Waals surface area contributed by atoms with Crippen LogP contribution in [0.2, 0.25) is 5.02 Å². The monoisotopic (exact) mass is 516 g/mol. The predicted molar refractivity (Wildman–Crippen MR) is 148 cm³/mol. The number of carbonyl (C=O) groups excluding carboxylic acids is 1. The Kier molecular flexibility index (Phi) is 7.94. The van der Waals surface area contributed by atoms with Crippen LogP contribution in [0.4, 0.5) is 11.4 Å². The Labute approximate surface area is 221 Å². The summed E-state index contributed by atoms with van der Waals surface area (Å²) in [7, 11) is 0. The van der Waals surface area contributed by atoms with Crippen molar-refractivity contribution in [3.8, 4) is 17.2 Å². The van der Waals surface area contributed by atoms with E-state index in [-0.39, 0.29) is 23.4 Å². The van der Waals surface area contributed by atoms with Crippen molar-refractivity contribution in [2.45, 2.75) is 39.7 Å². The smallest absolute Gasteiger partial charge is 0.299 e. The zero-order valence-corrected chi connectivity index (χ0v) is 21.9. The summed E-state index contributed by atoms with van der Waals surface area (Å²) in [5, 5.41) is 10.8. The van der Waals surface area contributed by atoms with Crippen LogP contribution in [-0.4, -0.2) is 21.7 Å². The maximum absolute atomic E-state index is 13.6. The molecule has 0 unspecified atom stereocenters. The van der Waals surface area contributed by atoms with Crippen LogP contribution in [0.25, 0.3) is 5.69 Å². The minimum absolute atomic E-state index is 0.00343. The summed E-state index contributed by atoms with van der Waals surface area (Å²) in [6, 6.07) is 21.5. The van der Waals surface area contributed by atoms with E-state index in [1.54, 1.807) is 48.5 Å². The molecule has 0 aliphatic rings. The third-order valence-electron chi connectivity index (χ3n) is 5.58. The SMILES string of the molecule is CC(C)NC(=O)c1cccc(Nc2c(Oc3ccc(C(C)C)cc3)cnn(-c3cccc(Cl)c3)c2=O)c1. The molecule has 37 heavy (non-hydrogen) atoms. The molecule has 0 aliphatic carbocycles.